The van der Waals surface area contributed by atoms with Gasteiger partial charge in [0, 0.05) is 25.7 Å². The highest BCUT2D eigenvalue weighted by molar-refractivity contribution is 7.47. The molecule has 0 aromatic rings. The van der Waals surface area contributed by atoms with Gasteiger partial charge in [-0.15, -0.1) is 0 Å². The van der Waals surface area contributed by atoms with Crippen LogP contribution >= 0.6 is 15.6 Å². The summed E-state index contributed by atoms with van der Waals surface area (Å²) in [5, 5.41) is 10.7. The number of unbranched alkanes of at least 4 members (excludes halogenated alkanes) is 64. The van der Waals surface area contributed by atoms with Crippen molar-refractivity contribution in [1.29, 1.82) is 0 Å². The number of esters is 4. The number of carbonyl (C=O) groups excluding carboxylic acids is 4. The minimum Gasteiger partial charge on any atom is -0.462 e. The normalized spacial score (nSPS) is 14.1. The molecule has 7 atom stereocenters. The van der Waals surface area contributed by atoms with Gasteiger partial charge in [0.1, 0.15) is 19.3 Å². The van der Waals surface area contributed by atoms with Crippen LogP contribution in [0.3, 0.4) is 0 Å². The standard InChI is InChI=1S/C97H190O17P2/c1-7-11-13-15-17-19-21-23-25-27-29-31-33-38-42-46-50-54-61-67-73-79-94(99)107-85-92(113-96(101)81-75-70-64-56-52-48-44-40-36-35-37-41-45-49-53-59-65-71-77-89(5)9-3)87-111-115(103,104)109-83-91(98)84-110-116(105,106)112-88-93(86-108-95(100)80-74-68-62-58-57-60-66-72-78-90(6)10-4)114-97(102)82-76-69-63-55-51-47-43-39-34-32-30-28-26-24-22-20-18-16-14-12-8-2/h89-93,98H,7-88H2,1-6H3,(H,103,104)(H,105,106)/t89?,90?,91-,92-,93-/m1/s1. The molecule has 116 heavy (non-hydrogen) atoms. The Morgan fingerprint density at radius 2 is 0.414 bits per heavy atom. The van der Waals surface area contributed by atoms with Gasteiger partial charge in [0.05, 0.1) is 26.4 Å². The van der Waals surface area contributed by atoms with E-state index < -0.39 is 97.5 Å². The van der Waals surface area contributed by atoms with Crippen molar-refractivity contribution in [2.45, 2.75) is 548 Å². The zero-order chi connectivity index (χ0) is 84.8. The number of phosphoric acid groups is 2. The average molecular weight is 1690 g/mol. The van der Waals surface area contributed by atoms with Gasteiger partial charge in [-0.1, -0.05) is 478 Å². The molecule has 0 aliphatic heterocycles. The highest BCUT2D eigenvalue weighted by Crippen LogP contribution is 2.45. The lowest BCUT2D eigenvalue weighted by molar-refractivity contribution is -0.161. The van der Waals surface area contributed by atoms with Gasteiger partial charge in [-0.25, -0.2) is 9.13 Å². The van der Waals surface area contributed by atoms with Crippen molar-refractivity contribution in [2.75, 3.05) is 39.6 Å². The van der Waals surface area contributed by atoms with Gasteiger partial charge in [-0.2, -0.15) is 0 Å². The van der Waals surface area contributed by atoms with Crippen molar-refractivity contribution in [3.63, 3.8) is 0 Å². The van der Waals surface area contributed by atoms with E-state index in [-0.39, 0.29) is 25.7 Å². The predicted molar refractivity (Wildman–Crippen MR) is 483 cm³/mol. The maximum absolute atomic E-state index is 13.2. The third-order valence-electron chi connectivity index (χ3n) is 23.7. The Kier molecular flexibility index (Phi) is 86.5. The fourth-order valence-electron chi connectivity index (χ4n) is 15.3. The molecule has 0 aliphatic carbocycles. The number of phosphoric ester groups is 2. The number of aliphatic hydroxyl groups excluding tert-OH is 1. The van der Waals surface area contributed by atoms with E-state index >= 15 is 0 Å². The van der Waals surface area contributed by atoms with E-state index in [0.29, 0.717) is 25.7 Å². The van der Waals surface area contributed by atoms with E-state index in [2.05, 4.69) is 41.5 Å². The van der Waals surface area contributed by atoms with E-state index in [9.17, 15) is 43.2 Å². The molecule has 0 aromatic heterocycles. The molecule has 0 amide bonds. The van der Waals surface area contributed by atoms with Crippen LogP contribution in [0.5, 0.6) is 0 Å². The zero-order valence-electron chi connectivity index (χ0n) is 76.8. The molecule has 0 radical (unpaired) electrons. The van der Waals surface area contributed by atoms with E-state index in [4.69, 9.17) is 37.0 Å². The number of rotatable bonds is 96. The largest absolute Gasteiger partial charge is 0.472 e. The number of carbonyl (C=O) groups is 4. The molecule has 0 saturated carbocycles. The van der Waals surface area contributed by atoms with E-state index in [1.165, 1.54) is 347 Å². The van der Waals surface area contributed by atoms with Gasteiger partial charge in [0.2, 0.25) is 0 Å². The first-order valence-electron chi connectivity index (χ1n) is 50.1. The van der Waals surface area contributed by atoms with Crippen molar-refractivity contribution in [3.05, 3.63) is 0 Å². The summed E-state index contributed by atoms with van der Waals surface area (Å²) in [6, 6.07) is 0. The smallest absolute Gasteiger partial charge is 0.462 e. The third-order valence-corrected chi connectivity index (χ3v) is 25.6. The van der Waals surface area contributed by atoms with Crippen LogP contribution in [0.25, 0.3) is 0 Å². The maximum atomic E-state index is 13.2. The summed E-state index contributed by atoms with van der Waals surface area (Å²) in [6.07, 6.45) is 84.9. The molecule has 0 spiro atoms. The number of hydrogen-bond acceptors (Lipinski definition) is 15. The van der Waals surface area contributed by atoms with Gasteiger partial charge in [-0.3, -0.25) is 37.3 Å². The van der Waals surface area contributed by atoms with Crippen molar-refractivity contribution >= 4 is 39.5 Å². The lowest BCUT2D eigenvalue weighted by Crippen LogP contribution is -2.30. The maximum Gasteiger partial charge on any atom is 0.472 e. The Labute approximate surface area is 715 Å². The summed E-state index contributed by atoms with van der Waals surface area (Å²) in [7, 11) is -9.94. The van der Waals surface area contributed by atoms with Crippen LogP contribution in [-0.2, 0) is 65.4 Å². The fraction of sp³-hybridized carbons (Fsp3) is 0.959. The number of ether oxygens (including phenoxy) is 4. The summed E-state index contributed by atoms with van der Waals surface area (Å²) in [5.74, 6) is -0.442. The molecule has 0 heterocycles. The first-order valence-corrected chi connectivity index (χ1v) is 53.1. The molecular weight excluding hydrogens is 1500 g/mol. The van der Waals surface area contributed by atoms with Crippen LogP contribution < -0.4 is 0 Å². The van der Waals surface area contributed by atoms with Gasteiger partial charge in [0.15, 0.2) is 12.2 Å². The van der Waals surface area contributed by atoms with Gasteiger partial charge in [-0.05, 0) is 37.5 Å². The summed E-state index contributed by atoms with van der Waals surface area (Å²) < 4.78 is 69.3. The SMILES string of the molecule is CCCCCCCCCCCCCCCCCCCCCCCC(=O)OC[C@H](COP(=O)(O)OC[C@@H](O)COP(=O)(O)OC[C@@H](COC(=O)CCCCCCCCCCC(C)CC)OC(=O)CCCCCCCCCCCCCCCCCCCCCCC)OC(=O)CCCCCCCCCCCCCCCCCCCCC(C)CC. The topological polar surface area (TPSA) is 237 Å². The molecule has 0 bridgehead atoms. The Balaban J connectivity index is 5.24. The molecule has 19 heteroatoms. The first-order chi connectivity index (χ1) is 56.4. The second-order valence-corrected chi connectivity index (χ2v) is 38.2. The van der Waals surface area contributed by atoms with Crippen LogP contribution in [0.2, 0.25) is 0 Å². The van der Waals surface area contributed by atoms with Crippen LogP contribution in [0.4, 0.5) is 0 Å². The number of hydrogen-bond donors (Lipinski definition) is 3. The van der Waals surface area contributed by atoms with Gasteiger partial charge in [0.25, 0.3) is 0 Å². The van der Waals surface area contributed by atoms with Crippen LogP contribution in [0.1, 0.15) is 530 Å². The van der Waals surface area contributed by atoms with Crippen LogP contribution in [0.15, 0.2) is 0 Å². The fourth-order valence-corrected chi connectivity index (χ4v) is 16.9. The third kappa shape index (κ3) is 87.0. The van der Waals surface area contributed by atoms with E-state index in [1.807, 2.05) is 0 Å². The minimum atomic E-state index is -4.97. The molecule has 0 aromatic carbocycles. The Hall–Kier alpha value is -1.94. The van der Waals surface area contributed by atoms with Crippen molar-refractivity contribution in [3.8, 4) is 0 Å². The minimum absolute atomic E-state index is 0.109. The first kappa shape index (κ1) is 114. The van der Waals surface area contributed by atoms with Crippen LogP contribution in [0, 0.1) is 11.8 Å². The second kappa shape index (κ2) is 87.9. The van der Waals surface area contributed by atoms with Gasteiger partial charge < -0.3 is 33.8 Å². The van der Waals surface area contributed by atoms with Crippen molar-refractivity contribution in [1.82, 2.24) is 0 Å². The molecular formula is C97H190O17P2. The molecule has 0 saturated heterocycles. The highest BCUT2D eigenvalue weighted by atomic mass is 31.2. The molecule has 3 N–H and O–H groups in total. The Morgan fingerprint density at radius 3 is 0.612 bits per heavy atom. The van der Waals surface area contributed by atoms with E-state index in [1.54, 1.807) is 0 Å². The second-order valence-electron chi connectivity index (χ2n) is 35.3. The molecule has 690 valence electrons. The molecule has 0 aliphatic rings. The summed E-state index contributed by atoms with van der Waals surface area (Å²) in [4.78, 5) is 73.6. The van der Waals surface area contributed by atoms with Gasteiger partial charge >= 0.3 is 39.5 Å². The molecule has 17 nitrogen and oxygen atoms in total. The van der Waals surface area contributed by atoms with E-state index in [0.717, 1.165) is 102 Å². The Bertz CT molecular complexity index is 2210. The summed E-state index contributed by atoms with van der Waals surface area (Å²) >= 11 is 0. The Morgan fingerprint density at radius 1 is 0.241 bits per heavy atom. The average Bonchev–Trinajstić information content (AvgIpc) is 0.888. The quantitative estimate of drug-likeness (QED) is 0.0222. The molecule has 0 fully saturated rings. The molecule has 4 unspecified atom stereocenters. The summed E-state index contributed by atoms with van der Waals surface area (Å²) in [5.41, 5.74) is 0. The predicted octanol–water partition coefficient (Wildman–Crippen LogP) is 30.5. The lowest BCUT2D eigenvalue weighted by atomic mass is 9.99. The zero-order valence-corrected chi connectivity index (χ0v) is 78.6. The summed E-state index contributed by atoms with van der Waals surface area (Å²) in [6.45, 7) is 9.81. The highest BCUT2D eigenvalue weighted by Gasteiger charge is 2.31. The lowest BCUT2D eigenvalue weighted by Gasteiger charge is -2.21. The van der Waals surface area contributed by atoms with Crippen molar-refractivity contribution < 1.29 is 80.2 Å². The van der Waals surface area contributed by atoms with Crippen LogP contribution in [-0.4, -0.2) is 96.7 Å². The monoisotopic (exact) mass is 1690 g/mol. The molecule has 0 rings (SSSR count). The van der Waals surface area contributed by atoms with Crippen molar-refractivity contribution in [2.24, 2.45) is 11.8 Å². The number of aliphatic hydroxyl groups is 1.